The van der Waals surface area contributed by atoms with E-state index in [0.717, 1.165) is 219 Å². The highest BCUT2D eigenvalue weighted by atomic mass is 16.4. The molecule has 0 spiro atoms. The Morgan fingerprint density at radius 3 is 0.670 bits per heavy atom. The van der Waals surface area contributed by atoms with Crippen molar-refractivity contribution in [2.45, 2.75) is 0 Å². The molecule has 0 saturated carbocycles. The summed E-state index contributed by atoms with van der Waals surface area (Å²) in [6.07, 6.45) is 0. The molecule has 10 nitrogen and oxygen atoms in total. The number of hydrogen-bond acceptors (Lipinski definition) is 10. The summed E-state index contributed by atoms with van der Waals surface area (Å²) in [6, 6.07) is 102. The fraction of sp³-hybridized carbons (Fsp3) is 0. The molecule has 10 heterocycles. The highest BCUT2D eigenvalue weighted by Gasteiger charge is 2.20. The molecule has 0 aliphatic heterocycles. The Bertz CT molecular complexity index is 7150. The molecular formula is C90H50O10. The van der Waals surface area contributed by atoms with E-state index in [-0.39, 0.29) is 0 Å². The molecule has 0 atom stereocenters. The molecule has 0 saturated heterocycles. The number of para-hydroxylation sites is 10. The SMILES string of the molecule is c1ccc2c(c1)oc1c2ccc2c3ccccc3oc21.c1ccc2c(c1)oc1c2ccc2oc3ccccc3c21.c1ccc2c(c1)oc1cc3c(cc12)oc1ccccc13.c1ccc2c(c1)oc1cc3oc4ccccc4c3cc12.c1ccc2c(c1)oc1ccc3oc4ccccc4c3c12. The van der Waals surface area contributed by atoms with Crippen LogP contribution in [-0.2, 0) is 0 Å². The third kappa shape index (κ3) is 8.70. The van der Waals surface area contributed by atoms with Crippen LogP contribution in [0.15, 0.2) is 347 Å². The zero-order chi connectivity index (χ0) is 65.5. The van der Waals surface area contributed by atoms with E-state index in [0.29, 0.717) is 0 Å². The molecule has 0 fully saturated rings. The monoisotopic (exact) mass is 1290 g/mol. The van der Waals surface area contributed by atoms with Crippen molar-refractivity contribution in [3.63, 3.8) is 0 Å². The third-order valence-electron chi connectivity index (χ3n) is 19.4. The highest BCUT2D eigenvalue weighted by molar-refractivity contribution is 6.27. The Morgan fingerprint density at radius 2 is 0.320 bits per heavy atom. The molecule has 0 unspecified atom stereocenters. The van der Waals surface area contributed by atoms with Crippen LogP contribution in [0.2, 0.25) is 0 Å². The van der Waals surface area contributed by atoms with Gasteiger partial charge in [0.2, 0.25) is 0 Å². The van der Waals surface area contributed by atoms with Crippen molar-refractivity contribution in [2.75, 3.05) is 0 Å². The lowest BCUT2D eigenvalue weighted by molar-refractivity contribution is 0.633. The first kappa shape index (κ1) is 55.6. The van der Waals surface area contributed by atoms with Crippen molar-refractivity contribution >= 4 is 219 Å². The maximum absolute atomic E-state index is 6.07. The smallest absolute Gasteiger partial charge is 0.178 e. The van der Waals surface area contributed by atoms with E-state index < -0.39 is 0 Å². The van der Waals surface area contributed by atoms with Gasteiger partial charge in [0.15, 0.2) is 11.2 Å². The minimum Gasteiger partial charge on any atom is -0.456 e. The topological polar surface area (TPSA) is 131 Å². The average Bonchev–Trinajstić information content (AvgIpc) is 1.60. The van der Waals surface area contributed by atoms with Gasteiger partial charge in [0, 0.05) is 108 Å². The molecule has 25 aromatic rings. The van der Waals surface area contributed by atoms with Crippen molar-refractivity contribution < 1.29 is 44.2 Å². The molecule has 100 heavy (non-hydrogen) atoms. The zero-order valence-corrected chi connectivity index (χ0v) is 52.9. The van der Waals surface area contributed by atoms with Gasteiger partial charge in [-0.05, 0) is 115 Å². The lowest BCUT2D eigenvalue weighted by Gasteiger charge is -1.92. The Morgan fingerprint density at radius 1 is 0.110 bits per heavy atom. The van der Waals surface area contributed by atoms with E-state index in [1.54, 1.807) is 0 Å². The number of furan rings is 10. The maximum atomic E-state index is 6.07. The first-order valence-electron chi connectivity index (χ1n) is 33.1. The predicted octanol–water partition coefficient (Wildman–Crippen LogP) is 27.4. The lowest BCUT2D eigenvalue weighted by atomic mass is 10.1. The quantitative estimate of drug-likeness (QED) is 0.145. The van der Waals surface area contributed by atoms with Gasteiger partial charge in [0.05, 0.1) is 5.39 Å². The molecule has 470 valence electrons. The van der Waals surface area contributed by atoms with Crippen molar-refractivity contribution in [1.82, 2.24) is 0 Å². The molecule has 25 rings (SSSR count). The second-order valence-electron chi connectivity index (χ2n) is 25.1. The fourth-order valence-electron chi connectivity index (χ4n) is 14.9. The fourth-order valence-corrected chi connectivity index (χ4v) is 14.9. The third-order valence-corrected chi connectivity index (χ3v) is 19.4. The molecule has 15 aromatic carbocycles. The molecule has 0 amide bonds. The van der Waals surface area contributed by atoms with Crippen LogP contribution >= 0.6 is 0 Å². The van der Waals surface area contributed by atoms with Crippen molar-refractivity contribution in [3.8, 4) is 0 Å². The van der Waals surface area contributed by atoms with Gasteiger partial charge in [0.1, 0.15) is 100 Å². The summed E-state index contributed by atoms with van der Waals surface area (Å²) >= 11 is 0. The van der Waals surface area contributed by atoms with Gasteiger partial charge in [-0.3, -0.25) is 0 Å². The van der Waals surface area contributed by atoms with E-state index in [1.807, 2.05) is 206 Å². The van der Waals surface area contributed by atoms with Gasteiger partial charge in [-0.1, -0.05) is 182 Å². The van der Waals surface area contributed by atoms with E-state index in [4.69, 9.17) is 44.2 Å². The molecule has 0 aliphatic carbocycles. The van der Waals surface area contributed by atoms with Crippen LogP contribution in [0.5, 0.6) is 0 Å². The molecule has 10 heteroatoms. The van der Waals surface area contributed by atoms with Crippen LogP contribution in [0, 0.1) is 0 Å². The number of hydrogen-bond donors (Lipinski definition) is 0. The Hall–Kier alpha value is -13.7. The van der Waals surface area contributed by atoms with Crippen LogP contribution in [-0.4, -0.2) is 0 Å². The van der Waals surface area contributed by atoms with Crippen LogP contribution in [0.3, 0.4) is 0 Å². The van der Waals surface area contributed by atoms with Crippen LogP contribution < -0.4 is 0 Å². The standard InChI is InChI=1S/5C18H10O2/c1-3-7-15-11(5-1)13-9-18-14(10-17(13)19-15)12-6-2-4-8-16(12)20-18;1-3-7-15-11(5-1)13-9-14-12-6-2-4-8-16(12)20-18(14)10-17(13)19-15;1-3-7-14-11(5-1)12-9-10-16-17(18(12)20-14)13-6-2-4-8-15(13)19-16;1-3-7-15-11(5-1)13-9-10-14-12-6-2-4-8-16(12)20-18(14)17(13)19-15;1-3-7-13-11(5-1)17-15(19-13)9-10-16-18(17)12-6-2-4-8-14(12)20-16/h5*1-10H. The molecule has 0 radical (unpaired) electrons. The molecule has 0 aliphatic rings. The number of rotatable bonds is 0. The molecular weight excluding hydrogens is 1240 g/mol. The summed E-state index contributed by atoms with van der Waals surface area (Å²) in [6.45, 7) is 0. The second-order valence-corrected chi connectivity index (χ2v) is 25.1. The van der Waals surface area contributed by atoms with Crippen LogP contribution in [0.25, 0.3) is 219 Å². The van der Waals surface area contributed by atoms with Crippen molar-refractivity contribution in [2.24, 2.45) is 0 Å². The predicted molar refractivity (Wildman–Crippen MR) is 405 cm³/mol. The Balaban J connectivity index is 0.0000000818. The van der Waals surface area contributed by atoms with Gasteiger partial charge in [0.25, 0.3) is 0 Å². The largest absolute Gasteiger partial charge is 0.456 e. The van der Waals surface area contributed by atoms with Crippen LogP contribution in [0.4, 0.5) is 0 Å². The summed E-state index contributed by atoms with van der Waals surface area (Å²) in [4.78, 5) is 0. The Kier molecular flexibility index (Phi) is 12.2. The molecule has 0 bridgehead atoms. The summed E-state index contributed by atoms with van der Waals surface area (Å²) in [5, 5.41) is 22.5. The van der Waals surface area contributed by atoms with E-state index in [1.165, 1.54) is 0 Å². The van der Waals surface area contributed by atoms with Gasteiger partial charge in [-0.2, -0.15) is 0 Å². The summed E-state index contributed by atoms with van der Waals surface area (Å²) in [7, 11) is 0. The van der Waals surface area contributed by atoms with Crippen LogP contribution in [0.1, 0.15) is 0 Å². The van der Waals surface area contributed by atoms with Gasteiger partial charge >= 0.3 is 0 Å². The number of benzene rings is 15. The summed E-state index contributed by atoms with van der Waals surface area (Å²) < 4.78 is 59.5. The Labute approximate surface area is 563 Å². The van der Waals surface area contributed by atoms with Gasteiger partial charge in [-0.15, -0.1) is 0 Å². The average molecular weight is 1290 g/mol. The highest BCUT2D eigenvalue weighted by Crippen LogP contribution is 2.44. The first-order valence-corrected chi connectivity index (χ1v) is 33.1. The summed E-state index contributed by atoms with van der Waals surface area (Å²) in [5.41, 5.74) is 17.9. The zero-order valence-electron chi connectivity index (χ0n) is 52.9. The van der Waals surface area contributed by atoms with Gasteiger partial charge < -0.3 is 44.2 Å². The number of fused-ring (bicyclic) bond motifs is 33. The molecule has 10 aromatic heterocycles. The van der Waals surface area contributed by atoms with E-state index in [2.05, 4.69) is 97.1 Å². The minimum atomic E-state index is 0.833. The lowest BCUT2D eigenvalue weighted by Crippen LogP contribution is -1.70. The summed E-state index contributed by atoms with van der Waals surface area (Å²) in [5.74, 6) is 0. The minimum absolute atomic E-state index is 0.833. The van der Waals surface area contributed by atoms with E-state index >= 15 is 0 Å². The van der Waals surface area contributed by atoms with Crippen molar-refractivity contribution in [3.05, 3.63) is 303 Å². The normalized spacial score (nSPS) is 12.0. The van der Waals surface area contributed by atoms with E-state index in [9.17, 15) is 0 Å². The first-order chi connectivity index (χ1) is 49.5. The molecule has 0 N–H and O–H groups in total. The maximum Gasteiger partial charge on any atom is 0.178 e. The van der Waals surface area contributed by atoms with Crippen molar-refractivity contribution in [1.29, 1.82) is 0 Å². The van der Waals surface area contributed by atoms with Gasteiger partial charge in [-0.25, -0.2) is 0 Å². The second kappa shape index (κ2) is 21.9.